The fourth-order valence-corrected chi connectivity index (χ4v) is 4.26. The maximum Gasteiger partial charge on any atom is 0.257 e. The molecule has 0 spiro atoms. The minimum Gasteiger partial charge on any atom is -0.494 e. The van der Waals surface area contributed by atoms with Crippen LogP contribution in [-0.2, 0) is 16.1 Å². The fourth-order valence-electron chi connectivity index (χ4n) is 4.26. The van der Waals surface area contributed by atoms with Gasteiger partial charge in [0.1, 0.15) is 17.6 Å². The van der Waals surface area contributed by atoms with Crippen LogP contribution in [0.15, 0.2) is 49.1 Å². The number of H-pyrrole nitrogens is 1. The molecule has 1 aliphatic rings. The van der Waals surface area contributed by atoms with Crippen LogP contribution in [-0.4, -0.2) is 74.7 Å². The summed E-state index contributed by atoms with van der Waals surface area (Å²) in [5, 5.41) is 12.2. The summed E-state index contributed by atoms with van der Waals surface area (Å²) < 4.78 is 7.92. The fraction of sp³-hybridized carbons (Fsp3) is 0.423. The van der Waals surface area contributed by atoms with E-state index in [1.807, 2.05) is 48.9 Å². The Bertz CT molecular complexity index is 1210. The molecule has 1 atom stereocenters. The van der Waals surface area contributed by atoms with E-state index in [1.165, 1.54) is 17.3 Å². The van der Waals surface area contributed by atoms with Crippen molar-refractivity contribution in [2.75, 3.05) is 26.2 Å². The number of hydrogen-bond acceptors (Lipinski definition) is 6. The molecular weight excluding hydrogens is 474 g/mol. The number of aromatic nitrogens is 4. The predicted octanol–water partition coefficient (Wildman–Crippen LogP) is 1.85. The number of ether oxygens (including phenoxy) is 1. The zero-order valence-corrected chi connectivity index (χ0v) is 21.1. The number of amides is 3. The van der Waals surface area contributed by atoms with Gasteiger partial charge in [-0.1, -0.05) is 26.0 Å². The van der Waals surface area contributed by atoms with Crippen LogP contribution in [0.1, 0.15) is 37.0 Å². The third kappa shape index (κ3) is 6.96. The van der Waals surface area contributed by atoms with Gasteiger partial charge in [0, 0.05) is 43.8 Å². The van der Waals surface area contributed by atoms with E-state index in [4.69, 9.17) is 4.74 Å². The average Bonchev–Trinajstić information content (AvgIpc) is 3.57. The van der Waals surface area contributed by atoms with Crippen molar-refractivity contribution in [3.63, 3.8) is 0 Å². The van der Waals surface area contributed by atoms with Crippen LogP contribution in [0.5, 0.6) is 5.75 Å². The summed E-state index contributed by atoms with van der Waals surface area (Å²) in [6, 6.07) is 6.94. The number of hydrogen-bond donors (Lipinski definition) is 3. The number of carbonyl (C=O) groups excluding carboxylic acids is 3. The van der Waals surface area contributed by atoms with Crippen molar-refractivity contribution in [1.29, 1.82) is 0 Å². The molecule has 0 saturated heterocycles. The van der Waals surface area contributed by atoms with Gasteiger partial charge >= 0.3 is 0 Å². The zero-order chi connectivity index (χ0) is 26.2. The van der Waals surface area contributed by atoms with Crippen molar-refractivity contribution in [3.8, 4) is 17.1 Å². The number of benzene rings is 1. The summed E-state index contributed by atoms with van der Waals surface area (Å²) in [5.41, 5.74) is 1.26. The molecule has 0 saturated carbocycles. The summed E-state index contributed by atoms with van der Waals surface area (Å²) in [6.07, 6.45) is 7.49. The molecule has 37 heavy (non-hydrogen) atoms. The van der Waals surface area contributed by atoms with Gasteiger partial charge in [-0.15, -0.1) is 0 Å². The van der Waals surface area contributed by atoms with Gasteiger partial charge in [-0.05, 0) is 30.9 Å². The minimum absolute atomic E-state index is 0.181. The van der Waals surface area contributed by atoms with Gasteiger partial charge in [0.15, 0.2) is 0 Å². The van der Waals surface area contributed by atoms with E-state index < -0.39 is 11.9 Å². The molecule has 3 N–H and O–H groups in total. The Labute approximate surface area is 215 Å². The van der Waals surface area contributed by atoms with Crippen LogP contribution in [0, 0.1) is 5.92 Å². The van der Waals surface area contributed by atoms with E-state index in [-0.39, 0.29) is 24.3 Å². The van der Waals surface area contributed by atoms with Crippen LogP contribution in [0.4, 0.5) is 0 Å². The highest BCUT2D eigenvalue weighted by Crippen LogP contribution is 2.23. The highest BCUT2D eigenvalue weighted by atomic mass is 16.5. The number of fused-ring (bicyclic) bond motifs is 4. The summed E-state index contributed by atoms with van der Waals surface area (Å²) in [4.78, 5) is 45.0. The number of carbonyl (C=O) groups is 3. The molecule has 2 bridgehead atoms. The second-order valence-electron chi connectivity index (χ2n) is 9.43. The number of imidazole rings is 1. The first kappa shape index (κ1) is 25.9. The molecule has 11 heteroatoms. The second-order valence-corrected chi connectivity index (χ2v) is 9.43. The first-order valence-electron chi connectivity index (χ1n) is 12.5. The molecule has 4 rings (SSSR count). The van der Waals surface area contributed by atoms with Gasteiger partial charge in [0.05, 0.1) is 24.9 Å². The molecular formula is C26H33N7O4. The van der Waals surface area contributed by atoms with E-state index in [0.717, 1.165) is 11.4 Å². The minimum atomic E-state index is -0.709. The van der Waals surface area contributed by atoms with Crippen LogP contribution >= 0.6 is 0 Å². The molecule has 3 amide bonds. The molecule has 11 nitrogen and oxygen atoms in total. The highest BCUT2D eigenvalue weighted by molar-refractivity contribution is 5.96. The van der Waals surface area contributed by atoms with E-state index >= 15 is 0 Å². The Kier molecular flexibility index (Phi) is 8.55. The summed E-state index contributed by atoms with van der Waals surface area (Å²) in [5.74, 6) is 0.657. The lowest BCUT2D eigenvalue weighted by atomic mass is 10.0. The van der Waals surface area contributed by atoms with Crippen LogP contribution in [0.3, 0.4) is 0 Å². The van der Waals surface area contributed by atoms with Gasteiger partial charge in [-0.3, -0.25) is 19.5 Å². The standard InChI is InChI=1S/C26H33N7O4/c1-18(2)13-22-25(35)28-8-11-32-10-7-27-24(32)19-5-3-6-21(14-19)37-12-4-9-33(17-23(34)31-22)26(36)20-15-29-30-16-20/h3,5-7,10,14-16,18,22H,4,8-9,11-13,17H2,1-2H3,(H,28,35)(H,29,30)(H,31,34)/t22-/m1/s1. The smallest absolute Gasteiger partial charge is 0.257 e. The Morgan fingerprint density at radius 2 is 2.11 bits per heavy atom. The van der Waals surface area contributed by atoms with E-state index in [2.05, 4.69) is 25.8 Å². The van der Waals surface area contributed by atoms with Crippen LogP contribution in [0.25, 0.3) is 11.4 Å². The van der Waals surface area contributed by atoms with Crippen molar-refractivity contribution in [2.45, 2.75) is 39.3 Å². The van der Waals surface area contributed by atoms with E-state index in [1.54, 1.807) is 6.20 Å². The Hall–Kier alpha value is -4.15. The molecule has 0 unspecified atom stereocenters. The Balaban J connectivity index is 1.57. The molecule has 0 aliphatic carbocycles. The first-order chi connectivity index (χ1) is 17.9. The van der Waals surface area contributed by atoms with Gasteiger partial charge in [-0.25, -0.2) is 4.98 Å². The molecule has 196 valence electrons. The Morgan fingerprint density at radius 3 is 2.89 bits per heavy atom. The quantitative estimate of drug-likeness (QED) is 0.495. The number of aromatic amines is 1. The van der Waals surface area contributed by atoms with Crippen LogP contribution < -0.4 is 15.4 Å². The number of nitrogens with one attached hydrogen (secondary N) is 3. The third-order valence-electron chi connectivity index (χ3n) is 6.03. The Morgan fingerprint density at radius 1 is 1.24 bits per heavy atom. The van der Waals surface area contributed by atoms with Crippen molar-refractivity contribution in [2.24, 2.45) is 5.92 Å². The first-order valence-corrected chi connectivity index (χ1v) is 12.5. The molecule has 0 fully saturated rings. The van der Waals surface area contributed by atoms with E-state index in [0.29, 0.717) is 50.4 Å². The topological polar surface area (TPSA) is 134 Å². The molecule has 1 aliphatic heterocycles. The van der Waals surface area contributed by atoms with Crippen molar-refractivity contribution < 1.29 is 19.1 Å². The molecule has 3 heterocycles. The lowest BCUT2D eigenvalue weighted by Gasteiger charge is -2.25. The second kappa shape index (κ2) is 12.2. The summed E-state index contributed by atoms with van der Waals surface area (Å²) >= 11 is 0. The maximum absolute atomic E-state index is 13.0. The third-order valence-corrected chi connectivity index (χ3v) is 6.03. The molecule has 2 aromatic heterocycles. The van der Waals surface area contributed by atoms with Gasteiger partial charge in [0.25, 0.3) is 5.91 Å². The molecule has 0 radical (unpaired) electrons. The summed E-state index contributed by atoms with van der Waals surface area (Å²) in [6.45, 7) is 5.34. The predicted molar refractivity (Wildman–Crippen MR) is 137 cm³/mol. The summed E-state index contributed by atoms with van der Waals surface area (Å²) in [7, 11) is 0. The zero-order valence-electron chi connectivity index (χ0n) is 21.1. The van der Waals surface area contributed by atoms with Gasteiger partial charge < -0.3 is 24.8 Å². The lowest BCUT2D eigenvalue weighted by Crippen LogP contribution is -2.51. The highest BCUT2D eigenvalue weighted by Gasteiger charge is 2.25. The SMILES string of the molecule is CC(C)C[C@H]1NC(=O)CN(C(=O)c2cn[nH]c2)CCCOc2cccc(c2)-c2nccn2CCNC1=O. The van der Waals surface area contributed by atoms with Crippen molar-refractivity contribution >= 4 is 17.7 Å². The van der Waals surface area contributed by atoms with Gasteiger partial charge in [-0.2, -0.15) is 5.10 Å². The maximum atomic E-state index is 13.0. The van der Waals surface area contributed by atoms with Crippen molar-refractivity contribution in [1.82, 2.24) is 35.3 Å². The van der Waals surface area contributed by atoms with Crippen molar-refractivity contribution in [3.05, 3.63) is 54.6 Å². The van der Waals surface area contributed by atoms with Gasteiger partial charge in [0.2, 0.25) is 11.8 Å². The van der Waals surface area contributed by atoms with E-state index in [9.17, 15) is 14.4 Å². The monoisotopic (exact) mass is 507 g/mol. The largest absolute Gasteiger partial charge is 0.494 e. The number of rotatable bonds is 3. The lowest BCUT2D eigenvalue weighted by molar-refractivity contribution is -0.129. The normalized spacial score (nSPS) is 17.7. The number of nitrogens with zero attached hydrogens (tertiary/aromatic N) is 4. The van der Waals surface area contributed by atoms with Crippen LogP contribution in [0.2, 0.25) is 0 Å². The molecule has 3 aromatic rings. The average molecular weight is 508 g/mol. The molecule has 1 aromatic carbocycles.